The number of hydrogen-bond acceptors (Lipinski definition) is 3. The number of rotatable bonds is 2. The van der Waals surface area contributed by atoms with Gasteiger partial charge < -0.3 is 4.74 Å². The minimum Gasteiger partial charge on any atom is -0.465 e. The van der Waals surface area contributed by atoms with Gasteiger partial charge in [0.05, 0.1) is 23.8 Å². The van der Waals surface area contributed by atoms with E-state index in [9.17, 15) is 26.7 Å². The molecule has 0 saturated heterocycles. The zero-order chi connectivity index (χ0) is 14.8. The third kappa shape index (κ3) is 2.81. The van der Waals surface area contributed by atoms with E-state index in [0.717, 1.165) is 13.2 Å². The molecule has 8 heteroatoms. The number of nitrogens with zero attached hydrogens (tertiary/aromatic N) is 1. The number of nitriles is 1. The van der Waals surface area contributed by atoms with Crippen molar-refractivity contribution in [1.82, 2.24) is 0 Å². The summed E-state index contributed by atoms with van der Waals surface area (Å²) in [7, 11) is 0.901. The number of carbonyl (C=O) groups excluding carboxylic acids is 1. The third-order valence-electron chi connectivity index (χ3n) is 2.27. The van der Waals surface area contributed by atoms with Crippen LogP contribution in [0.5, 0.6) is 0 Å². The molecule has 0 heterocycles. The first-order chi connectivity index (χ1) is 8.73. The van der Waals surface area contributed by atoms with Gasteiger partial charge in [-0.15, -0.1) is 0 Å². The van der Waals surface area contributed by atoms with Crippen LogP contribution >= 0.6 is 0 Å². The molecular formula is C11H6F5NO2. The molecule has 0 saturated carbocycles. The third-order valence-corrected chi connectivity index (χ3v) is 2.27. The summed E-state index contributed by atoms with van der Waals surface area (Å²) in [4.78, 5) is 11.2. The Labute approximate surface area is 104 Å². The van der Waals surface area contributed by atoms with Gasteiger partial charge in [0.1, 0.15) is 6.07 Å². The van der Waals surface area contributed by atoms with Gasteiger partial charge in [0.15, 0.2) is 0 Å². The van der Waals surface area contributed by atoms with Gasteiger partial charge in [-0.2, -0.15) is 18.4 Å². The Morgan fingerprint density at radius 2 is 1.95 bits per heavy atom. The zero-order valence-electron chi connectivity index (χ0n) is 9.39. The Balaban J connectivity index is 3.71. The van der Waals surface area contributed by atoms with Crippen molar-refractivity contribution in [3.05, 3.63) is 34.4 Å². The molecule has 0 aliphatic carbocycles. The van der Waals surface area contributed by atoms with Crippen molar-refractivity contribution < 1.29 is 31.5 Å². The highest BCUT2D eigenvalue weighted by molar-refractivity contribution is 5.93. The predicted molar refractivity (Wildman–Crippen MR) is 52.5 cm³/mol. The lowest BCUT2D eigenvalue weighted by Gasteiger charge is -2.15. The number of carbonyl (C=O) groups is 1. The van der Waals surface area contributed by atoms with E-state index in [1.165, 1.54) is 0 Å². The van der Waals surface area contributed by atoms with Crippen molar-refractivity contribution in [2.24, 2.45) is 0 Å². The minimum atomic E-state index is -5.18. The Morgan fingerprint density at radius 3 is 2.32 bits per heavy atom. The van der Waals surface area contributed by atoms with Crippen LogP contribution in [0.1, 0.15) is 33.5 Å². The number of benzene rings is 1. The predicted octanol–water partition coefficient (Wildman–Crippen LogP) is 3.30. The molecule has 1 rings (SSSR count). The average molecular weight is 279 g/mol. The Morgan fingerprint density at radius 1 is 1.37 bits per heavy atom. The van der Waals surface area contributed by atoms with Crippen LogP contribution in [-0.4, -0.2) is 13.1 Å². The molecule has 3 nitrogen and oxygen atoms in total. The molecule has 0 amide bonds. The molecule has 0 spiro atoms. The highest BCUT2D eigenvalue weighted by atomic mass is 19.4. The molecule has 0 bridgehead atoms. The average Bonchev–Trinajstić information content (AvgIpc) is 2.34. The molecule has 0 aromatic heterocycles. The van der Waals surface area contributed by atoms with E-state index >= 15 is 0 Å². The second kappa shape index (κ2) is 5.22. The first-order valence-electron chi connectivity index (χ1n) is 4.74. The number of alkyl halides is 5. The van der Waals surface area contributed by atoms with Crippen LogP contribution in [0.25, 0.3) is 0 Å². The second-order valence-electron chi connectivity index (χ2n) is 3.35. The molecule has 0 atom stereocenters. The summed E-state index contributed by atoms with van der Waals surface area (Å²) in [6.07, 6.45) is -8.60. The van der Waals surface area contributed by atoms with Crippen LogP contribution < -0.4 is 0 Å². The molecule has 19 heavy (non-hydrogen) atoms. The Bertz CT molecular complexity index is 545. The van der Waals surface area contributed by atoms with Crippen LogP contribution in [-0.2, 0) is 10.9 Å². The van der Waals surface area contributed by atoms with Gasteiger partial charge in [-0.1, -0.05) is 6.07 Å². The maximum Gasteiger partial charge on any atom is 0.418 e. The Hall–Kier alpha value is -2.17. The smallest absolute Gasteiger partial charge is 0.418 e. The van der Waals surface area contributed by atoms with Gasteiger partial charge in [0.25, 0.3) is 6.43 Å². The zero-order valence-corrected chi connectivity index (χ0v) is 9.39. The summed E-state index contributed by atoms with van der Waals surface area (Å²) in [5.74, 6) is -1.21. The standard InChI is InChI=1S/C11H6F5NO2/c1-19-10(18)5-2-3-6(9(12)13)8(7(5)4-17)11(14,15)16/h2-3,9H,1H3. The first kappa shape index (κ1) is 14.9. The molecule has 1 aromatic rings. The van der Waals surface area contributed by atoms with E-state index < -0.39 is 40.8 Å². The largest absolute Gasteiger partial charge is 0.465 e. The second-order valence-corrected chi connectivity index (χ2v) is 3.35. The summed E-state index contributed by atoms with van der Waals surface area (Å²) in [5, 5.41) is 8.71. The fraction of sp³-hybridized carbons (Fsp3) is 0.273. The number of halogens is 5. The van der Waals surface area contributed by atoms with Gasteiger partial charge in [-0.3, -0.25) is 0 Å². The summed E-state index contributed by atoms with van der Waals surface area (Å²) in [6.45, 7) is 0. The number of esters is 1. The van der Waals surface area contributed by atoms with E-state index in [4.69, 9.17) is 5.26 Å². The number of methoxy groups -OCH3 is 1. The topological polar surface area (TPSA) is 50.1 Å². The summed E-state index contributed by atoms with van der Waals surface area (Å²) < 4.78 is 67.6. The van der Waals surface area contributed by atoms with Crippen molar-refractivity contribution in [3.63, 3.8) is 0 Å². The highest BCUT2D eigenvalue weighted by Crippen LogP contribution is 2.39. The number of hydrogen-bond donors (Lipinski definition) is 0. The summed E-state index contributed by atoms with van der Waals surface area (Å²) in [6, 6.07) is 2.30. The van der Waals surface area contributed by atoms with Gasteiger partial charge in [-0.25, -0.2) is 13.6 Å². The first-order valence-corrected chi connectivity index (χ1v) is 4.74. The lowest BCUT2D eigenvalue weighted by atomic mass is 9.96. The SMILES string of the molecule is COC(=O)c1ccc(C(F)F)c(C(F)(F)F)c1C#N. The van der Waals surface area contributed by atoms with E-state index in [2.05, 4.69) is 4.74 Å². The van der Waals surface area contributed by atoms with E-state index in [1.54, 1.807) is 0 Å². The molecule has 1 aromatic carbocycles. The van der Waals surface area contributed by atoms with Crippen molar-refractivity contribution in [2.45, 2.75) is 12.6 Å². The molecular weight excluding hydrogens is 273 g/mol. The normalized spacial score (nSPS) is 11.3. The lowest BCUT2D eigenvalue weighted by molar-refractivity contribution is -0.139. The van der Waals surface area contributed by atoms with Gasteiger partial charge in [-0.05, 0) is 6.07 Å². The molecule has 0 N–H and O–H groups in total. The van der Waals surface area contributed by atoms with Gasteiger partial charge in [0.2, 0.25) is 0 Å². The van der Waals surface area contributed by atoms with E-state index in [-0.39, 0.29) is 0 Å². The van der Waals surface area contributed by atoms with Crippen LogP contribution in [0.2, 0.25) is 0 Å². The summed E-state index contributed by atoms with van der Waals surface area (Å²) in [5.41, 5.74) is -5.04. The maximum absolute atomic E-state index is 12.8. The summed E-state index contributed by atoms with van der Waals surface area (Å²) >= 11 is 0. The highest BCUT2D eigenvalue weighted by Gasteiger charge is 2.40. The fourth-order valence-corrected chi connectivity index (χ4v) is 1.50. The quantitative estimate of drug-likeness (QED) is 0.616. The van der Waals surface area contributed by atoms with Gasteiger partial charge >= 0.3 is 12.1 Å². The van der Waals surface area contributed by atoms with Crippen molar-refractivity contribution >= 4 is 5.97 Å². The molecule has 102 valence electrons. The monoisotopic (exact) mass is 279 g/mol. The molecule has 0 unspecified atom stereocenters. The molecule has 0 aliphatic rings. The van der Waals surface area contributed by atoms with Crippen LogP contribution in [0.3, 0.4) is 0 Å². The van der Waals surface area contributed by atoms with E-state index in [1.807, 2.05) is 0 Å². The molecule has 0 fully saturated rings. The van der Waals surface area contributed by atoms with Crippen molar-refractivity contribution in [2.75, 3.05) is 7.11 Å². The Kier molecular flexibility index (Phi) is 4.09. The minimum absolute atomic E-state index is 0.459. The van der Waals surface area contributed by atoms with Crippen LogP contribution in [0.15, 0.2) is 12.1 Å². The lowest BCUT2D eigenvalue weighted by Crippen LogP contribution is -2.16. The van der Waals surface area contributed by atoms with Crippen molar-refractivity contribution in [3.8, 4) is 6.07 Å². The van der Waals surface area contributed by atoms with E-state index in [0.29, 0.717) is 12.1 Å². The fourth-order valence-electron chi connectivity index (χ4n) is 1.50. The van der Waals surface area contributed by atoms with Crippen LogP contribution in [0, 0.1) is 11.3 Å². The van der Waals surface area contributed by atoms with Gasteiger partial charge in [0, 0.05) is 5.56 Å². The maximum atomic E-state index is 12.8. The molecule has 0 aliphatic heterocycles. The van der Waals surface area contributed by atoms with Crippen LogP contribution in [0.4, 0.5) is 22.0 Å². The number of ether oxygens (including phenoxy) is 1. The molecule has 0 radical (unpaired) electrons. The van der Waals surface area contributed by atoms with Crippen molar-refractivity contribution in [1.29, 1.82) is 5.26 Å².